The van der Waals surface area contributed by atoms with Gasteiger partial charge in [-0.1, -0.05) is 32.6 Å². The zero-order valence-electron chi connectivity index (χ0n) is 8.27. The summed E-state index contributed by atoms with van der Waals surface area (Å²) in [5.41, 5.74) is 0. The predicted molar refractivity (Wildman–Crippen MR) is 45.3 cm³/mol. The summed E-state index contributed by atoms with van der Waals surface area (Å²) in [7, 11) is 0. The Morgan fingerprint density at radius 1 is 1.36 bits per heavy atom. The number of carboxylic acid groups (broad SMARTS) is 1. The normalized spacial score (nSPS) is 10.8. The van der Waals surface area contributed by atoms with E-state index in [0.717, 1.165) is 25.7 Å². The molecule has 0 radical (unpaired) electrons. The molecule has 1 atom stereocenters. The van der Waals surface area contributed by atoms with Crippen LogP contribution in [0.4, 0.5) is 0 Å². The number of carbonyl (C=O) groups is 1. The van der Waals surface area contributed by atoms with Gasteiger partial charge < -0.3 is 10.2 Å². The van der Waals surface area contributed by atoms with Crippen molar-refractivity contribution in [1.29, 1.82) is 0 Å². The predicted octanol–water partition coefficient (Wildman–Crippen LogP) is 0.724. The topological polar surface area (TPSA) is 94.8 Å². The van der Waals surface area contributed by atoms with E-state index in [-0.39, 0.29) is 0 Å². The van der Waals surface area contributed by atoms with Crippen LogP contribution >= 0.6 is 0 Å². The Labute approximate surface area is 92.9 Å². The van der Waals surface area contributed by atoms with E-state index < -0.39 is 31.6 Å². The van der Waals surface area contributed by atoms with E-state index >= 15 is 0 Å². The molecule has 0 amide bonds. The van der Waals surface area contributed by atoms with Crippen LogP contribution in [0.2, 0.25) is 0 Å². The van der Waals surface area contributed by atoms with Crippen LogP contribution in [-0.2, 0) is 27.6 Å². The molecule has 0 bridgehead atoms. The van der Waals surface area contributed by atoms with Gasteiger partial charge in [-0.05, 0) is 6.42 Å². The van der Waals surface area contributed by atoms with Gasteiger partial charge in [0.15, 0.2) is 6.10 Å². The standard InChI is InChI=1S/C8H16O3.H2O.O.Ti/c1-2-3-4-5-6-7(9)8(10)11;;;/h7,9H,2-6H2,1H3,(H,10,11);1H2;;/q;;;+1/p-1. The number of aliphatic hydroxyl groups is 1. The third-order valence-electron chi connectivity index (χ3n) is 1.62. The van der Waals surface area contributed by atoms with Crippen molar-refractivity contribution in [1.82, 2.24) is 0 Å². The fraction of sp³-hybridized carbons (Fsp3) is 0.875. The molecule has 0 aromatic carbocycles. The molecule has 0 aliphatic rings. The van der Waals surface area contributed by atoms with Crippen LogP contribution in [0.1, 0.15) is 39.0 Å². The Morgan fingerprint density at radius 2 is 1.86 bits per heavy atom. The fourth-order valence-electron chi connectivity index (χ4n) is 0.888. The van der Waals surface area contributed by atoms with Gasteiger partial charge in [-0.25, -0.2) is 4.79 Å². The summed E-state index contributed by atoms with van der Waals surface area (Å²) in [6, 6.07) is 0. The number of rotatable bonds is 6. The average molecular weight is 241 g/mol. The first kappa shape index (κ1) is 16.3. The molecule has 0 heterocycles. The Bertz CT molecular complexity index is 151. The van der Waals surface area contributed by atoms with Crippen molar-refractivity contribution in [3.8, 4) is 0 Å². The molecule has 0 aliphatic heterocycles. The monoisotopic (exact) mass is 241 g/mol. The van der Waals surface area contributed by atoms with Crippen molar-refractivity contribution in [2.75, 3.05) is 0 Å². The Balaban J connectivity index is 0. The SMILES string of the molecule is CCCCCCC(O)C(=O)O.[O]=[Ti][OH]. The molecule has 5 nitrogen and oxygen atoms in total. The van der Waals surface area contributed by atoms with Gasteiger partial charge in [0.1, 0.15) is 0 Å². The second-order valence-electron chi connectivity index (χ2n) is 2.79. The summed E-state index contributed by atoms with van der Waals surface area (Å²) >= 11 is -1.75. The molecule has 0 saturated carbocycles. The van der Waals surface area contributed by atoms with E-state index in [1.54, 1.807) is 0 Å². The number of carboxylic acids is 1. The summed E-state index contributed by atoms with van der Waals surface area (Å²) in [6.07, 6.45) is 3.29. The van der Waals surface area contributed by atoms with Crippen LogP contribution in [0.3, 0.4) is 0 Å². The molecule has 0 aromatic heterocycles. The van der Waals surface area contributed by atoms with Crippen molar-refractivity contribution in [2.24, 2.45) is 0 Å². The molecular formula is C8H17O5Ti. The molecule has 3 N–H and O–H groups in total. The van der Waals surface area contributed by atoms with E-state index in [4.69, 9.17) is 17.2 Å². The number of aliphatic carboxylic acids is 1. The summed E-state index contributed by atoms with van der Waals surface area (Å²) in [5.74, 6) is -1.11. The molecule has 0 aliphatic carbocycles. The first-order valence-corrected chi connectivity index (χ1v) is 5.85. The summed E-state index contributed by atoms with van der Waals surface area (Å²) in [4.78, 5) is 10.1. The van der Waals surface area contributed by atoms with Gasteiger partial charge in [-0.2, -0.15) is 0 Å². The van der Waals surface area contributed by atoms with E-state index in [1.807, 2.05) is 0 Å². The van der Waals surface area contributed by atoms with Crippen molar-refractivity contribution < 1.29 is 41.5 Å². The van der Waals surface area contributed by atoms with Gasteiger partial charge in [-0.3, -0.25) is 0 Å². The Hall–Kier alpha value is -0.0957. The molecule has 0 aromatic rings. The quantitative estimate of drug-likeness (QED) is 0.470. The van der Waals surface area contributed by atoms with Crippen LogP contribution in [0.15, 0.2) is 0 Å². The maximum absolute atomic E-state index is 10.1. The molecule has 14 heavy (non-hydrogen) atoms. The van der Waals surface area contributed by atoms with Crippen LogP contribution in [0.25, 0.3) is 0 Å². The number of aliphatic hydroxyl groups excluding tert-OH is 1. The van der Waals surface area contributed by atoms with Crippen molar-refractivity contribution in [3.63, 3.8) is 0 Å². The zero-order chi connectivity index (χ0) is 11.4. The molecule has 6 heteroatoms. The van der Waals surface area contributed by atoms with E-state index in [2.05, 4.69) is 6.92 Å². The molecule has 83 valence electrons. The average Bonchev–Trinajstić information content (AvgIpc) is 2.13. The maximum atomic E-state index is 10.1. The molecule has 1 unspecified atom stereocenters. The third kappa shape index (κ3) is 14.4. The van der Waals surface area contributed by atoms with Crippen LogP contribution in [0.5, 0.6) is 0 Å². The van der Waals surface area contributed by atoms with Crippen LogP contribution < -0.4 is 0 Å². The van der Waals surface area contributed by atoms with E-state index in [0.29, 0.717) is 6.42 Å². The first-order valence-electron chi connectivity index (χ1n) is 4.52. The number of hydrogen-bond acceptors (Lipinski definition) is 3. The summed E-state index contributed by atoms with van der Waals surface area (Å²) < 4.78 is 15.8. The van der Waals surface area contributed by atoms with Gasteiger partial charge >= 0.3 is 32.5 Å². The van der Waals surface area contributed by atoms with Gasteiger partial charge in [-0.15, -0.1) is 0 Å². The van der Waals surface area contributed by atoms with E-state index in [9.17, 15) is 4.79 Å². The number of unbranched alkanes of at least 4 members (excludes halogenated alkanes) is 3. The first-order chi connectivity index (χ1) is 6.59. The second-order valence-corrected chi connectivity index (χ2v) is 3.08. The summed E-state index contributed by atoms with van der Waals surface area (Å²) in [6.45, 7) is 2.09. The van der Waals surface area contributed by atoms with Crippen molar-refractivity contribution in [3.05, 3.63) is 0 Å². The molecule has 0 saturated heterocycles. The van der Waals surface area contributed by atoms with Gasteiger partial charge in [0.05, 0.1) is 0 Å². The summed E-state index contributed by atoms with van der Waals surface area (Å²) in [5, 5.41) is 17.1. The minimum atomic E-state index is -1.75. The van der Waals surface area contributed by atoms with Gasteiger partial charge in [0.25, 0.3) is 0 Å². The number of hydrogen-bond donors (Lipinski definition) is 3. The second kappa shape index (κ2) is 12.9. The van der Waals surface area contributed by atoms with Gasteiger partial charge in [0.2, 0.25) is 0 Å². The van der Waals surface area contributed by atoms with E-state index in [1.165, 1.54) is 0 Å². The van der Waals surface area contributed by atoms with Gasteiger partial charge in [0, 0.05) is 0 Å². The van der Waals surface area contributed by atoms with Crippen LogP contribution in [0, 0.1) is 0 Å². The third-order valence-corrected chi connectivity index (χ3v) is 1.62. The molecule has 0 spiro atoms. The van der Waals surface area contributed by atoms with Crippen LogP contribution in [-0.4, -0.2) is 26.0 Å². The Morgan fingerprint density at radius 3 is 2.21 bits per heavy atom. The minimum absolute atomic E-state index is 0.384. The molecule has 0 rings (SSSR count). The zero-order valence-corrected chi connectivity index (χ0v) is 9.83. The fourth-order valence-corrected chi connectivity index (χ4v) is 0.888. The molecular weight excluding hydrogens is 224 g/mol. The van der Waals surface area contributed by atoms with Crippen molar-refractivity contribution >= 4 is 5.97 Å². The molecule has 0 fully saturated rings. The Kier molecular flexibility index (Phi) is 15.1. The van der Waals surface area contributed by atoms with Crippen molar-refractivity contribution in [2.45, 2.75) is 45.1 Å².